The first-order valence-electron chi connectivity index (χ1n) is 11.4. The van der Waals surface area contributed by atoms with Gasteiger partial charge in [-0.1, -0.05) is 36.8 Å². The van der Waals surface area contributed by atoms with E-state index in [1.165, 1.54) is 23.8 Å². The number of nitrogens with zero attached hydrogens (tertiary/aromatic N) is 2. The van der Waals surface area contributed by atoms with Crippen LogP contribution >= 0.6 is 0 Å². The van der Waals surface area contributed by atoms with Crippen LogP contribution in [0.4, 0.5) is 0 Å². The minimum Gasteiger partial charge on any atom is -0.352 e. The number of rotatable bonds is 8. The van der Waals surface area contributed by atoms with Crippen LogP contribution in [0.25, 0.3) is 10.9 Å². The maximum atomic E-state index is 12.9. The van der Waals surface area contributed by atoms with Gasteiger partial charge in [-0.3, -0.25) is 14.2 Å². The number of hydrogen-bond acceptors (Lipinski definition) is 4. The normalized spacial score (nSPS) is 14.5. The lowest BCUT2D eigenvalue weighted by Crippen LogP contribution is -2.36. The molecule has 1 saturated heterocycles. The van der Waals surface area contributed by atoms with Gasteiger partial charge in [0.1, 0.15) is 0 Å². The molecule has 7 heteroatoms. The Morgan fingerprint density at radius 2 is 1.75 bits per heavy atom. The van der Waals surface area contributed by atoms with E-state index in [4.69, 9.17) is 0 Å². The van der Waals surface area contributed by atoms with Crippen molar-refractivity contribution >= 4 is 16.8 Å². The average Bonchev–Trinajstić information content (AvgIpc) is 2.82. The standard InChI is InChI=1S/C25H30N4O3/c30-23(26-13-7-16-28-14-5-2-6-15-28)20-10-11-21-22(18-20)27-25(32)29(24(21)31)17-12-19-8-3-1-4-9-19/h1,3-4,8-11,18H,2,5-7,12-17H2,(H,26,30)(H,27,32). The van der Waals surface area contributed by atoms with Gasteiger partial charge in [-0.2, -0.15) is 0 Å². The van der Waals surface area contributed by atoms with Gasteiger partial charge >= 0.3 is 5.69 Å². The van der Waals surface area contributed by atoms with Crippen molar-refractivity contribution in [2.75, 3.05) is 26.2 Å². The molecule has 2 N–H and O–H groups in total. The molecular weight excluding hydrogens is 404 g/mol. The van der Waals surface area contributed by atoms with E-state index in [1.807, 2.05) is 30.3 Å². The van der Waals surface area contributed by atoms with Crippen LogP contribution in [-0.2, 0) is 13.0 Å². The van der Waals surface area contributed by atoms with E-state index >= 15 is 0 Å². The fourth-order valence-corrected chi connectivity index (χ4v) is 4.27. The van der Waals surface area contributed by atoms with Crippen molar-refractivity contribution in [1.82, 2.24) is 19.8 Å². The van der Waals surface area contributed by atoms with Gasteiger partial charge in [0.15, 0.2) is 0 Å². The summed E-state index contributed by atoms with van der Waals surface area (Å²) in [7, 11) is 0. The van der Waals surface area contributed by atoms with Crippen molar-refractivity contribution in [2.24, 2.45) is 0 Å². The number of aryl methyl sites for hydroxylation is 1. The number of aromatic amines is 1. The lowest BCUT2D eigenvalue weighted by Gasteiger charge is -2.26. The number of nitrogens with one attached hydrogen (secondary N) is 2. The summed E-state index contributed by atoms with van der Waals surface area (Å²) in [6, 6.07) is 14.6. The molecule has 32 heavy (non-hydrogen) atoms. The Balaban J connectivity index is 1.40. The van der Waals surface area contributed by atoms with Crippen molar-refractivity contribution in [3.63, 3.8) is 0 Å². The molecule has 0 bridgehead atoms. The molecule has 1 aliphatic rings. The molecule has 0 aliphatic carbocycles. The Morgan fingerprint density at radius 1 is 0.969 bits per heavy atom. The largest absolute Gasteiger partial charge is 0.352 e. The number of aromatic nitrogens is 2. The van der Waals surface area contributed by atoms with E-state index in [0.717, 1.165) is 31.6 Å². The smallest absolute Gasteiger partial charge is 0.328 e. The van der Waals surface area contributed by atoms with Crippen molar-refractivity contribution in [1.29, 1.82) is 0 Å². The molecule has 2 heterocycles. The molecule has 3 aromatic rings. The van der Waals surface area contributed by atoms with Crippen LogP contribution in [0.1, 0.15) is 41.6 Å². The van der Waals surface area contributed by atoms with Gasteiger partial charge in [0.2, 0.25) is 0 Å². The molecular formula is C25H30N4O3. The van der Waals surface area contributed by atoms with E-state index in [2.05, 4.69) is 15.2 Å². The van der Waals surface area contributed by atoms with Gasteiger partial charge in [-0.05, 0) is 69.1 Å². The first-order chi connectivity index (χ1) is 15.6. The Kier molecular flexibility index (Phi) is 7.17. The summed E-state index contributed by atoms with van der Waals surface area (Å²) in [5, 5.41) is 3.34. The van der Waals surface area contributed by atoms with Crippen LogP contribution in [0.2, 0.25) is 0 Å². The zero-order valence-electron chi connectivity index (χ0n) is 18.3. The lowest BCUT2D eigenvalue weighted by molar-refractivity contribution is 0.0951. The van der Waals surface area contributed by atoms with Crippen molar-refractivity contribution < 1.29 is 4.79 Å². The zero-order chi connectivity index (χ0) is 22.3. The van der Waals surface area contributed by atoms with Gasteiger partial charge in [0, 0.05) is 18.7 Å². The predicted octanol–water partition coefficient (Wildman–Crippen LogP) is 2.54. The molecule has 168 valence electrons. The monoisotopic (exact) mass is 434 g/mol. The highest BCUT2D eigenvalue weighted by atomic mass is 16.2. The van der Waals surface area contributed by atoms with E-state index in [-0.39, 0.29) is 11.5 Å². The van der Waals surface area contributed by atoms with Gasteiger partial charge in [0.05, 0.1) is 10.9 Å². The lowest BCUT2D eigenvalue weighted by atomic mass is 10.1. The van der Waals surface area contributed by atoms with Gasteiger partial charge in [-0.15, -0.1) is 0 Å². The Bertz CT molecular complexity index is 1180. The number of fused-ring (bicyclic) bond motifs is 1. The van der Waals surface area contributed by atoms with Crippen LogP contribution in [-0.4, -0.2) is 46.5 Å². The van der Waals surface area contributed by atoms with E-state index in [1.54, 1.807) is 18.2 Å². The molecule has 1 aliphatic heterocycles. The Hall–Kier alpha value is -3.19. The topological polar surface area (TPSA) is 87.2 Å². The highest BCUT2D eigenvalue weighted by Crippen LogP contribution is 2.11. The summed E-state index contributed by atoms with van der Waals surface area (Å²) < 4.78 is 1.22. The summed E-state index contributed by atoms with van der Waals surface area (Å²) in [6.07, 6.45) is 5.33. The molecule has 4 rings (SSSR count). The van der Waals surface area contributed by atoms with Crippen LogP contribution in [0.3, 0.4) is 0 Å². The molecule has 0 saturated carbocycles. The summed E-state index contributed by atoms with van der Waals surface area (Å²) in [6.45, 7) is 4.19. The minimum atomic E-state index is -0.461. The second-order valence-corrected chi connectivity index (χ2v) is 8.39. The first-order valence-corrected chi connectivity index (χ1v) is 11.4. The Morgan fingerprint density at radius 3 is 2.53 bits per heavy atom. The number of likely N-dealkylation sites (tertiary alicyclic amines) is 1. The number of carbonyl (C=O) groups excluding carboxylic acids is 1. The van der Waals surface area contributed by atoms with Crippen molar-refractivity contribution in [3.8, 4) is 0 Å². The molecule has 1 amide bonds. The average molecular weight is 435 g/mol. The number of hydrogen-bond donors (Lipinski definition) is 2. The first kappa shape index (κ1) is 22.0. The van der Waals surface area contributed by atoms with Crippen LogP contribution in [0.5, 0.6) is 0 Å². The third-order valence-electron chi connectivity index (χ3n) is 6.10. The van der Waals surface area contributed by atoms with Crippen molar-refractivity contribution in [2.45, 2.75) is 38.6 Å². The third kappa shape index (κ3) is 5.34. The molecule has 0 atom stereocenters. The zero-order valence-corrected chi connectivity index (χ0v) is 18.3. The number of amides is 1. The Labute approximate surface area is 187 Å². The van der Waals surface area contributed by atoms with Gasteiger partial charge in [-0.25, -0.2) is 4.79 Å². The number of carbonyl (C=O) groups is 1. The van der Waals surface area contributed by atoms with Gasteiger partial charge in [0.25, 0.3) is 11.5 Å². The maximum absolute atomic E-state index is 12.9. The summed E-state index contributed by atoms with van der Waals surface area (Å²) >= 11 is 0. The quantitative estimate of drug-likeness (QED) is 0.534. The van der Waals surface area contributed by atoms with Gasteiger partial charge < -0.3 is 15.2 Å². The van der Waals surface area contributed by atoms with E-state index in [0.29, 0.717) is 36.0 Å². The number of piperidine rings is 1. The molecule has 0 unspecified atom stereocenters. The molecule has 2 aromatic carbocycles. The second kappa shape index (κ2) is 10.4. The summed E-state index contributed by atoms with van der Waals surface area (Å²) in [4.78, 5) is 43.1. The van der Waals surface area contributed by atoms with E-state index < -0.39 is 5.69 Å². The SMILES string of the molecule is O=C(NCCCN1CCCCC1)c1ccc2c(=O)n(CCc3ccccc3)c(=O)[nH]c2c1. The summed E-state index contributed by atoms with van der Waals surface area (Å²) in [5.41, 5.74) is 1.08. The second-order valence-electron chi connectivity index (χ2n) is 8.39. The highest BCUT2D eigenvalue weighted by molar-refractivity contribution is 5.97. The van der Waals surface area contributed by atoms with Crippen LogP contribution < -0.4 is 16.6 Å². The minimum absolute atomic E-state index is 0.195. The van der Waals surface area contributed by atoms with Crippen LogP contribution in [0.15, 0.2) is 58.1 Å². The number of H-pyrrole nitrogens is 1. The highest BCUT2D eigenvalue weighted by Gasteiger charge is 2.12. The fraction of sp³-hybridized carbons (Fsp3) is 0.400. The van der Waals surface area contributed by atoms with Crippen LogP contribution in [0, 0.1) is 0 Å². The third-order valence-corrected chi connectivity index (χ3v) is 6.10. The molecule has 0 radical (unpaired) electrons. The van der Waals surface area contributed by atoms with E-state index in [9.17, 15) is 14.4 Å². The molecule has 0 spiro atoms. The summed E-state index contributed by atoms with van der Waals surface area (Å²) in [5.74, 6) is -0.195. The molecule has 7 nitrogen and oxygen atoms in total. The fourth-order valence-electron chi connectivity index (χ4n) is 4.27. The predicted molar refractivity (Wildman–Crippen MR) is 126 cm³/mol. The maximum Gasteiger partial charge on any atom is 0.328 e. The number of benzene rings is 2. The molecule has 1 aromatic heterocycles. The molecule has 1 fully saturated rings. The van der Waals surface area contributed by atoms with Crippen molar-refractivity contribution in [3.05, 3.63) is 80.5 Å².